The zero-order valence-corrected chi connectivity index (χ0v) is 11.7. The number of pyridine rings is 1. The van der Waals surface area contributed by atoms with Gasteiger partial charge in [0.1, 0.15) is 5.82 Å². The summed E-state index contributed by atoms with van der Waals surface area (Å²) < 4.78 is 0. The van der Waals surface area contributed by atoms with Gasteiger partial charge in [-0.3, -0.25) is 6.79 Å². The molecule has 0 amide bonds. The normalized spacial score (nSPS) is 13.0. The second-order valence-corrected chi connectivity index (χ2v) is 2.98. The monoisotopic (exact) mass is 410 g/mol. The molecule has 1 aliphatic rings. The molecule has 0 saturated carbocycles. The molecule has 0 bridgehead atoms. The number of carbonyl (C=O) groups excluding carboxylic acids is 1. The van der Waals surface area contributed by atoms with Crippen molar-refractivity contribution in [2.24, 2.45) is 0 Å². The van der Waals surface area contributed by atoms with E-state index in [4.69, 9.17) is 16.6 Å². The molecule has 0 N–H and O–H groups in total. The van der Waals surface area contributed by atoms with E-state index >= 15 is 0 Å². The zero-order chi connectivity index (χ0) is 12.4. The average Bonchev–Trinajstić information content (AvgIpc) is 2.82. The maximum absolute atomic E-state index is 7.75. The molecule has 7 heteroatoms. The standard InChI is InChI=1S/C8H11BN3.CN.CHO.Pt/c1-11-6-7-12(9-11)8-4-2-3-5-10-8;2*1-2;/h2-5H,6-7H2,1H3;;1H;/q;2*-1;+2. The van der Waals surface area contributed by atoms with Gasteiger partial charge in [0, 0.05) is 19.3 Å². The van der Waals surface area contributed by atoms with Gasteiger partial charge in [0.05, 0.1) is 0 Å². The number of aromatic nitrogens is 1. The van der Waals surface area contributed by atoms with E-state index in [1.807, 2.05) is 24.4 Å². The van der Waals surface area contributed by atoms with E-state index in [1.54, 1.807) is 0 Å². The summed E-state index contributed by atoms with van der Waals surface area (Å²) in [5, 5.41) is 6.25. The number of likely N-dealkylation sites (N-methyl/N-ethyl adjacent to an activating group) is 1. The van der Waals surface area contributed by atoms with Crippen molar-refractivity contribution < 1.29 is 25.9 Å². The first-order chi connectivity index (χ1) is 7.86. The largest absolute Gasteiger partial charge is 2.00 e. The molecule has 0 aliphatic carbocycles. The molecule has 0 spiro atoms. The third kappa shape index (κ3) is 6.20. The van der Waals surface area contributed by atoms with Crippen molar-refractivity contribution in [3.63, 3.8) is 0 Å². The molecule has 1 radical (unpaired) electrons. The summed E-state index contributed by atoms with van der Waals surface area (Å²) in [7, 11) is 4.16. The maximum atomic E-state index is 7.75. The Bertz CT molecular complexity index is 312. The van der Waals surface area contributed by atoms with E-state index < -0.39 is 0 Å². The summed E-state index contributed by atoms with van der Waals surface area (Å²) in [6.07, 6.45) is 1.82. The van der Waals surface area contributed by atoms with Crippen LogP contribution in [0.3, 0.4) is 0 Å². The number of nitrogens with zero attached hydrogens (tertiary/aromatic N) is 4. The third-order valence-electron chi connectivity index (χ3n) is 1.97. The van der Waals surface area contributed by atoms with Crippen LogP contribution in [0.4, 0.5) is 5.82 Å². The van der Waals surface area contributed by atoms with Crippen LogP contribution in [0.2, 0.25) is 0 Å². The van der Waals surface area contributed by atoms with E-state index in [1.165, 1.54) is 0 Å². The van der Waals surface area contributed by atoms with Crippen LogP contribution >= 0.6 is 0 Å². The molecule has 1 saturated heterocycles. The van der Waals surface area contributed by atoms with Crippen molar-refractivity contribution in [2.75, 3.05) is 24.9 Å². The first kappa shape index (κ1) is 18.2. The van der Waals surface area contributed by atoms with E-state index in [0.717, 1.165) is 18.9 Å². The second-order valence-electron chi connectivity index (χ2n) is 2.98. The molecule has 91 valence electrons. The van der Waals surface area contributed by atoms with Gasteiger partial charge in [-0.15, -0.1) is 0 Å². The average molecular weight is 410 g/mol. The molecule has 0 atom stereocenters. The van der Waals surface area contributed by atoms with E-state index in [0.29, 0.717) is 0 Å². The molecule has 1 aromatic heterocycles. The minimum Gasteiger partial charge on any atom is -0.545 e. The molecule has 2 rings (SSSR count). The van der Waals surface area contributed by atoms with Gasteiger partial charge in [-0.1, -0.05) is 6.07 Å². The molecule has 5 nitrogen and oxygen atoms in total. The predicted molar refractivity (Wildman–Crippen MR) is 61.7 cm³/mol. The fourth-order valence-electron chi connectivity index (χ4n) is 1.32. The molecule has 1 aromatic rings. The van der Waals surface area contributed by atoms with Crippen molar-refractivity contribution in [2.45, 2.75) is 0 Å². The van der Waals surface area contributed by atoms with Gasteiger partial charge in [-0.2, -0.15) is 0 Å². The molecular formula is C10H12BN4OPt. The minimum atomic E-state index is 0. The molecule has 1 aliphatic heterocycles. The molecular weight excluding hydrogens is 398 g/mol. The summed E-state index contributed by atoms with van der Waals surface area (Å²) in [6.45, 7) is 10.1. The van der Waals surface area contributed by atoms with Crippen LogP contribution in [0.15, 0.2) is 24.4 Å². The van der Waals surface area contributed by atoms with Crippen LogP contribution in [0.5, 0.6) is 0 Å². The van der Waals surface area contributed by atoms with Gasteiger partial charge < -0.3 is 26.3 Å². The van der Waals surface area contributed by atoms with Crippen LogP contribution < -0.4 is 4.81 Å². The Hall–Kier alpha value is -1.18. The maximum Gasteiger partial charge on any atom is 2.00 e. The van der Waals surface area contributed by atoms with Gasteiger partial charge >= 0.3 is 28.6 Å². The first-order valence-corrected chi connectivity index (χ1v) is 4.55. The second kappa shape index (κ2) is 11.3. The van der Waals surface area contributed by atoms with Crippen LogP contribution in [-0.2, 0) is 25.9 Å². The molecule has 2 heterocycles. The van der Waals surface area contributed by atoms with Crippen molar-refractivity contribution >= 4 is 20.2 Å². The van der Waals surface area contributed by atoms with Gasteiger partial charge in [-0.25, -0.2) is 4.98 Å². The predicted octanol–water partition coefficient (Wildman–Crippen LogP) is 0.187. The van der Waals surface area contributed by atoms with E-state index in [2.05, 4.69) is 36.0 Å². The van der Waals surface area contributed by atoms with Crippen molar-refractivity contribution in [3.8, 4) is 0 Å². The number of anilines is 1. The summed E-state index contributed by atoms with van der Waals surface area (Å²) >= 11 is 0. The van der Waals surface area contributed by atoms with Crippen molar-refractivity contribution in [1.82, 2.24) is 9.79 Å². The molecule has 0 unspecified atom stereocenters. The minimum absolute atomic E-state index is 0. The summed E-state index contributed by atoms with van der Waals surface area (Å²) in [5.74, 6) is 1.03. The quantitative estimate of drug-likeness (QED) is 0.376. The summed E-state index contributed by atoms with van der Waals surface area (Å²) in [5.41, 5.74) is 0. The molecule has 0 aromatic carbocycles. The third-order valence-corrected chi connectivity index (χ3v) is 1.97. The van der Waals surface area contributed by atoms with Crippen LogP contribution in [-0.4, -0.2) is 44.3 Å². The van der Waals surface area contributed by atoms with Crippen molar-refractivity contribution in [3.05, 3.63) is 31.0 Å². The summed E-state index contributed by atoms with van der Waals surface area (Å²) in [6, 6.07) is 5.97. The Morgan fingerprint density at radius 2 is 2.06 bits per heavy atom. The van der Waals surface area contributed by atoms with Gasteiger partial charge in [0.25, 0.3) is 0 Å². The van der Waals surface area contributed by atoms with Gasteiger partial charge in [-0.05, 0) is 19.2 Å². The number of rotatable bonds is 1. The Labute approximate surface area is 117 Å². The fraction of sp³-hybridized carbons (Fsp3) is 0.300. The van der Waals surface area contributed by atoms with Crippen molar-refractivity contribution in [1.29, 1.82) is 5.26 Å². The Balaban J connectivity index is 0. The van der Waals surface area contributed by atoms with E-state index in [9.17, 15) is 0 Å². The number of hydrogen-bond donors (Lipinski definition) is 0. The fourth-order valence-corrected chi connectivity index (χ4v) is 1.32. The van der Waals surface area contributed by atoms with Gasteiger partial charge in [0.15, 0.2) is 0 Å². The Kier molecular flexibility index (Phi) is 12.1. The Morgan fingerprint density at radius 3 is 2.47 bits per heavy atom. The van der Waals surface area contributed by atoms with Crippen LogP contribution in [0.1, 0.15) is 0 Å². The Morgan fingerprint density at radius 1 is 1.41 bits per heavy atom. The van der Waals surface area contributed by atoms with Crippen LogP contribution in [0, 0.1) is 11.8 Å². The SMILES string of the molecule is CN1[B]N(c2ccccn2)CC1.[C-]#N.[CH-]=O.[Pt+2]. The topological polar surface area (TPSA) is 60.2 Å². The van der Waals surface area contributed by atoms with E-state index in [-0.39, 0.29) is 21.1 Å². The van der Waals surface area contributed by atoms with Gasteiger partial charge in [0.2, 0.25) is 0 Å². The zero-order valence-electron chi connectivity index (χ0n) is 9.39. The first-order valence-electron chi connectivity index (χ1n) is 4.55. The van der Waals surface area contributed by atoms with Crippen LogP contribution in [0.25, 0.3) is 0 Å². The summed E-state index contributed by atoms with van der Waals surface area (Å²) in [4.78, 5) is 16.3. The number of hydrogen-bond acceptors (Lipinski definition) is 5. The molecule has 17 heavy (non-hydrogen) atoms. The smallest absolute Gasteiger partial charge is 0.545 e. The molecule has 1 fully saturated rings.